The quantitative estimate of drug-likeness (QED) is 0.0117. The molecule has 123 heavy (non-hydrogen) atoms. The van der Waals surface area contributed by atoms with Crippen LogP contribution in [-0.4, -0.2) is 167 Å². The summed E-state index contributed by atoms with van der Waals surface area (Å²) in [6, 6.07) is 83.0. The molecule has 6 aliphatic rings. The van der Waals surface area contributed by atoms with Crippen LogP contribution in [0.5, 0.6) is 0 Å². The van der Waals surface area contributed by atoms with Crippen molar-refractivity contribution >= 4 is 33.6 Å². The van der Waals surface area contributed by atoms with Crippen molar-refractivity contribution in [1.82, 2.24) is 4.90 Å². The summed E-state index contributed by atoms with van der Waals surface area (Å²) >= 11 is 0. The molecular weight excluding hydrogens is 1570 g/mol. The van der Waals surface area contributed by atoms with E-state index in [4.69, 9.17) is 85.3 Å². The van der Waals surface area contributed by atoms with Crippen LogP contribution >= 0.6 is 0 Å². The van der Waals surface area contributed by atoms with Gasteiger partial charge in [-0.05, 0) is 104 Å². The SMILES string of the molecule is CC(=O)O[C@H]1[C@@H](O[C@H]2[CH][C@H](OCc3ccccc3)[C@H]3O[C@H](c4ccccc4)OC[C@H]3O2)[C@H](N=[N+]=[N-])[C@H](O[C@@H]2[C@@H](N=[N+]=[N-])[C@@H](O[C@@H]3[C@H](OCc4ccc5ccccc5c4)[C@@H](OCc4ccc5ccccc5c4)[C@@H](OCCCCCN(Cc4ccccc4)C(=O)OCc4ccccc4)O[C@@H]3COCc3ccccc3)O[C@@H]3CO[C@H](c4ccccc4)O[C@H]23)O[C@H]1C. The fourth-order valence-electron chi connectivity index (χ4n) is 16.5. The molecule has 1 radical (unpaired) electrons. The van der Waals surface area contributed by atoms with Gasteiger partial charge in [-0.1, -0.05) is 265 Å². The Morgan fingerprint density at radius 1 is 0.439 bits per heavy atom. The molecule has 6 heterocycles. The highest BCUT2D eigenvalue weighted by Crippen LogP contribution is 2.44. The number of benzene rings is 10. The van der Waals surface area contributed by atoms with E-state index in [1.165, 1.54) is 6.92 Å². The summed E-state index contributed by atoms with van der Waals surface area (Å²) < 4.78 is 124. The summed E-state index contributed by atoms with van der Waals surface area (Å²) in [6.45, 7) is 4.21. The molecule has 0 aliphatic carbocycles. The zero-order chi connectivity index (χ0) is 84.1. The molecule has 10 aromatic carbocycles. The van der Waals surface area contributed by atoms with Gasteiger partial charge in [0.1, 0.15) is 79.7 Å². The van der Waals surface area contributed by atoms with Crippen LogP contribution in [0.3, 0.4) is 0 Å². The van der Waals surface area contributed by atoms with Crippen LogP contribution in [0.25, 0.3) is 42.4 Å². The third-order valence-electron chi connectivity index (χ3n) is 22.6. The minimum Gasteiger partial charge on any atom is -0.457 e. The first-order chi connectivity index (χ1) is 60.5. The third-order valence-corrected chi connectivity index (χ3v) is 22.6. The van der Waals surface area contributed by atoms with Crippen LogP contribution < -0.4 is 0 Å². The minimum atomic E-state index is -1.61. The number of nitrogens with zero attached hydrogens (tertiary/aromatic N) is 7. The number of esters is 1. The lowest BCUT2D eigenvalue weighted by Gasteiger charge is -2.52. The maximum atomic E-state index is 13.9. The number of hydrogen-bond donors (Lipinski definition) is 0. The van der Waals surface area contributed by atoms with E-state index in [9.17, 15) is 20.7 Å². The summed E-state index contributed by atoms with van der Waals surface area (Å²) in [7, 11) is 0. The number of azide groups is 2. The number of amides is 1. The van der Waals surface area contributed by atoms with Crippen molar-refractivity contribution in [3.8, 4) is 0 Å². The molecule has 0 unspecified atom stereocenters. The zero-order valence-corrected chi connectivity index (χ0v) is 68.3. The van der Waals surface area contributed by atoms with Crippen molar-refractivity contribution in [1.29, 1.82) is 0 Å². The predicted octanol–water partition coefficient (Wildman–Crippen LogP) is 17.1. The molecule has 0 saturated carbocycles. The first kappa shape index (κ1) is 86.0. The van der Waals surface area contributed by atoms with Crippen LogP contribution in [0, 0.1) is 6.42 Å². The number of carbonyl (C=O) groups is 2. The van der Waals surface area contributed by atoms with Crippen molar-refractivity contribution in [2.45, 2.75) is 202 Å². The van der Waals surface area contributed by atoms with Crippen molar-refractivity contribution < 1.29 is 94.9 Å². The average molecular weight is 1670 g/mol. The Kier molecular flexibility index (Phi) is 29.8. The second kappa shape index (κ2) is 42.7. The highest BCUT2D eigenvalue weighted by atomic mass is 16.8. The van der Waals surface area contributed by atoms with Crippen molar-refractivity contribution in [3.05, 3.63) is 339 Å². The summed E-state index contributed by atoms with van der Waals surface area (Å²) in [4.78, 5) is 35.9. The summed E-state index contributed by atoms with van der Waals surface area (Å²) in [6.07, 6.45) is -18.5. The van der Waals surface area contributed by atoms with Crippen molar-refractivity contribution in [2.24, 2.45) is 10.2 Å². The summed E-state index contributed by atoms with van der Waals surface area (Å²) in [5, 5.41) is 13.0. The van der Waals surface area contributed by atoms with Crippen LogP contribution in [0.15, 0.2) is 277 Å². The number of fused-ring (bicyclic) bond motifs is 4. The molecule has 6 aliphatic heterocycles. The Hall–Kier alpha value is -10.6. The molecule has 0 spiro atoms. The first-order valence-corrected chi connectivity index (χ1v) is 41.9. The van der Waals surface area contributed by atoms with E-state index in [-0.39, 0.29) is 59.5 Å². The van der Waals surface area contributed by atoms with Gasteiger partial charge in [0, 0.05) is 54.0 Å². The molecule has 0 aromatic heterocycles. The standard InChI is InChI=1S/C96H100N7O20/c1-62-83(115-63(2)104)87(119-80-52-76(108-55-66-32-14-5-15-33-66)84-78(116-80)60-111-91(120-84)72-38-18-7-19-39-72)81(99-101-97)93(114-62)123-88-82(100-102-98)94(117-79-61-112-92(121-85(79)88)73-40-20-8-21-41-73)122-86-77(59-106-54-65-30-12-4-13-31-65)118-95(107-49-27-9-26-48-103(53-64-28-10-3-11-29-64)96(105)113-56-67-34-16-6-17-35-67)90(110-58-69-45-47-71-37-23-25-43-75(71)51-69)89(86)109-57-68-44-46-70-36-22-24-42-74(70)50-68/h3-8,10-25,28-47,50-52,62,76-95H,9,26-27,48-49,53-61H2,1-2H3/t62-,76-,77+,78+,79+,80-,81-,82+,83+,84+,85-,86-,87-,88+,89-,90+,91+,92-,93-,94+,95-/m0/s1. The highest BCUT2D eigenvalue weighted by molar-refractivity contribution is 5.83. The lowest BCUT2D eigenvalue weighted by molar-refractivity contribution is -0.390. The van der Waals surface area contributed by atoms with E-state index in [0.29, 0.717) is 37.9 Å². The molecule has 1 amide bonds. The number of hydrogen-bond acceptors (Lipinski definition) is 22. The third kappa shape index (κ3) is 22.3. The lowest BCUT2D eigenvalue weighted by Crippen LogP contribution is -2.68. The Labute approximate surface area is 713 Å². The molecule has 6 saturated heterocycles. The topological polar surface area (TPSA) is 301 Å². The number of carbonyl (C=O) groups excluding carboxylic acids is 2. The van der Waals surface area contributed by atoms with Gasteiger partial charge in [0.15, 0.2) is 43.8 Å². The maximum absolute atomic E-state index is 13.9. The number of rotatable bonds is 35. The van der Waals surface area contributed by atoms with Crippen LogP contribution in [0.4, 0.5) is 4.79 Å². The van der Waals surface area contributed by atoms with Gasteiger partial charge in [-0.3, -0.25) is 4.79 Å². The van der Waals surface area contributed by atoms with Crippen LogP contribution in [-0.2, 0) is 130 Å². The Bertz CT molecular complexity index is 5110. The maximum Gasteiger partial charge on any atom is 0.410 e. The fraction of sp³-hybridized carbons (Fsp3) is 0.385. The van der Waals surface area contributed by atoms with Crippen molar-refractivity contribution in [3.63, 3.8) is 0 Å². The van der Waals surface area contributed by atoms with Gasteiger partial charge in [-0.2, -0.15) is 0 Å². The molecule has 10 aromatic rings. The van der Waals surface area contributed by atoms with E-state index in [0.717, 1.165) is 60.5 Å². The molecule has 16 rings (SSSR count). The van der Waals surface area contributed by atoms with Gasteiger partial charge < -0.3 is 90.2 Å². The Morgan fingerprint density at radius 2 is 0.943 bits per heavy atom. The highest BCUT2D eigenvalue weighted by Gasteiger charge is 2.59. The monoisotopic (exact) mass is 1670 g/mol. The van der Waals surface area contributed by atoms with Crippen LogP contribution in [0.2, 0.25) is 0 Å². The zero-order valence-electron chi connectivity index (χ0n) is 68.3. The van der Waals surface area contributed by atoms with Gasteiger partial charge in [-0.15, -0.1) is 0 Å². The average Bonchev–Trinajstić information content (AvgIpc) is 0.748. The molecule has 639 valence electrons. The van der Waals surface area contributed by atoms with E-state index < -0.39 is 141 Å². The second-order valence-corrected chi connectivity index (χ2v) is 31.2. The predicted molar refractivity (Wildman–Crippen MR) is 450 cm³/mol. The molecule has 27 nitrogen and oxygen atoms in total. The Morgan fingerprint density at radius 3 is 1.54 bits per heavy atom. The van der Waals surface area contributed by atoms with Gasteiger partial charge >= 0.3 is 12.1 Å². The summed E-state index contributed by atoms with van der Waals surface area (Å²) in [5.41, 5.74) is 28.7. The number of unbranched alkanes of at least 4 members (excludes halogenated alkanes) is 2. The van der Waals surface area contributed by atoms with E-state index in [2.05, 4.69) is 38.3 Å². The van der Waals surface area contributed by atoms with Crippen molar-refractivity contribution in [2.75, 3.05) is 33.0 Å². The second-order valence-electron chi connectivity index (χ2n) is 31.2. The lowest BCUT2D eigenvalue weighted by atomic mass is 9.93. The molecule has 6 fully saturated rings. The first-order valence-electron chi connectivity index (χ1n) is 41.9. The van der Waals surface area contributed by atoms with E-state index in [1.54, 1.807) is 18.2 Å². The van der Waals surface area contributed by atoms with E-state index >= 15 is 0 Å². The fourth-order valence-corrected chi connectivity index (χ4v) is 16.5. The smallest absolute Gasteiger partial charge is 0.410 e. The van der Waals surface area contributed by atoms with Gasteiger partial charge in [0.2, 0.25) is 0 Å². The van der Waals surface area contributed by atoms with Crippen LogP contribution in [0.1, 0.15) is 90.2 Å². The molecule has 0 bridgehead atoms. The molecule has 21 atom stereocenters. The van der Waals surface area contributed by atoms with Gasteiger partial charge in [0.05, 0.1) is 58.5 Å². The summed E-state index contributed by atoms with van der Waals surface area (Å²) in [5.74, 6) is -0.691. The largest absolute Gasteiger partial charge is 0.457 e. The Balaban J connectivity index is 0.731. The van der Waals surface area contributed by atoms with Gasteiger partial charge in [-0.25, -0.2) is 4.79 Å². The normalized spacial score (nSPS) is 28.0. The van der Waals surface area contributed by atoms with Gasteiger partial charge in [0.25, 0.3) is 0 Å². The molecule has 0 N–H and O–H groups in total. The molecule has 27 heteroatoms. The minimum absolute atomic E-state index is 0.0190. The number of ether oxygens (including phenoxy) is 18. The van der Waals surface area contributed by atoms with E-state index in [1.807, 2.05) is 249 Å². The molecular formula is C96H100N7O20.